The van der Waals surface area contributed by atoms with Crippen LogP contribution in [0.4, 0.5) is 0 Å². The SMILES string of the molecule is CCNC(CC1CCCCCC1)c1nccnc1OC. The minimum atomic E-state index is 0.256. The van der Waals surface area contributed by atoms with Crippen LogP contribution in [0.25, 0.3) is 0 Å². The molecule has 4 nitrogen and oxygen atoms in total. The fourth-order valence-corrected chi connectivity index (χ4v) is 3.20. The summed E-state index contributed by atoms with van der Waals surface area (Å²) in [6.07, 6.45) is 12.8. The van der Waals surface area contributed by atoms with E-state index in [4.69, 9.17) is 4.74 Å². The third kappa shape index (κ3) is 4.17. The molecule has 1 N–H and O–H groups in total. The first-order valence-corrected chi connectivity index (χ1v) is 7.93. The van der Waals surface area contributed by atoms with Gasteiger partial charge in [-0.25, -0.2) is 4.98 Å². The van der Waals surface area contributed by atoms with E-state index in [2.05, 4.69) is 22.2 Å². The molecular weight excluding hydrogens is 250 g/mol. The van der Waals surface area contributed by atoms with Gasteiger partial charge < -0.3 is 10.1 Å². The van der Waals surface area contributed by atoms with Crippen LogP contribution in [-0.2, 0) is 0 Å². The van der Waals surface area contributed by atoms with Crippen LogP contribution in [-0.4, -0.2) is 23.6 Å². The zero-order valence-corrected chi connectivity index (χ0v) is 12.8. The van der Waals surface area contributed by atoms with Crippen molar-refractivity contribution in [2.24, 2.45) is 5.92 Å². The molecular formula is C16H27N3O. The van der Waals surface area contributed by atoms with Gasteiger partial charge in [-0.05, 0) is 18.9 Å². The zero-order chi connectivity index (χ0) is 14.2. The Bertz CT molecular complexity index is 389. The van der Waals surface area contributed by atoms with E-state index in [0.29, 0.717) is 5.88 Å². The largest absolute Gasteiger partial charge is 0.480 e. The standard InChI is InChI=1S/C16H27N3O/c1-3-17-14(12-13-8-6-4-5-7-9-13)15-16(20-2)19-11-10-18-15/h10-11,13-14,17H,3-9,12H2,1-2H3. The molecule has 0 aliphatic heterocycles. The molecule has 0 amide bonds. The third-order valence-electron chi connectivity index (χ3n) is 4.21. The van der Waals surface area contributed by atoms with Crippen LogP contribution in [0.15, 0.2) is 12.4 Å². The Hall–Kier alpha value is -1.16. The summed E-state index contributed by atoms with van der Waals surface area (Å²) in [7, 11) is 1.67. The Balaban J connectivity index is 2.09. The number of aromatic nitrogens is 2. The highest BCUT2D eigenvalue weighted by atomic mass is 16.5. The van der Waals surface area contributed by atoms with Crippen molar-refractivity contribution in [3.63, 3.8) is 0 Å². The minimum Gasteiger partial charge on any atom is -0.480 e. The van der Waals surface area contributed by atoms with E-state index in [1.165, 1.54) is 38.5 Å². The highest BCUT2D eigenvalue weighted by molar-refractivity contribution is 5.21. The lowest BCUT2D eigenvalue weighted by Crippen LogP contribution is -2.25. The summed E-state index contributed by atoms with van der Waals surface area (Å²) in [5, 5.41) is 3.56. The van der Waals surface area contributed by atoms with Crippen molar-refractivity contribution < 1.29 is 4.74 Å². The van der Waals surface area contributed by atoms with Gasteiger partial charge in [0.2, 0.25) is 5.88 Å². The minimum absolute atomic E-state index is 0.256. The highest BCUT2D eigenvalue weighted by Crippen LogP contribution is 2.32. The summed E-state index contributed by atoms with van der Waals surface area (Å²) in [6.45, 7) is 3.08. The molecule has 1 aromatic rings. The van der Waals surface area contributed by atoms with E-state index in [1.54, 1.807) is 19.5 Å². The van der Waals surface area contributed by atoms with E-state index in [9.17, 15) is 0 Å². The monoisotopic (exact) mass is 277 g/mol. The molecule has 1 fully saturated rings. The Labute approximate surface area is 122 Å². The van der Waals surface area contributed by atoms with Gasteiger partial charge in [-0.1, -0.05) is 45.4 Å². The van der Waals surface area contributed by atoms with Crippen molar-refractivity contribution in [2.75, 3.05) is 13.7 Å². The number of rotatable bonds is 6. The normalized spacial score (nSPS) is 18.5. The number of nitrogens with zero attached hydrogens (tertiary/aromatic N) is 2. The molecule has 1 saturated carbocycles. The van der Waals surface area contributed by atoms with E-state index in [0.717, 1.165) is 24.6 Å². The second-order valence-corrected chi connectivity index (χ2v) is 5.65. The van der Waals surface area contributed by atoms with Crippen LogP contribution in [0.5, 0.6) is 5.88 Å². The van der Waals surface area contributed by atoms with Gasteiger partial charge in [0.05, 0.1) is 13.2 Å². The van der Waals surface area contributed by atoms with Crippen LogP contribution in [0.3, 0.4) is 0 Å². The fraction of sp³-hybridized carbons (Fsp3) is 0.750. The second kappa shape index (κ2) is 8.20. The molecule has 4 heteroatoms. The maximum Gasteiger partial charge on any atom is 0.236 e. The van der Waals surface area contributed by atoms with Crippen LogP contribution in [0.2, 0.25) is 0 Å². The van der Waals surface area contributed by atoms with Gasteiger partial charge in [0.25, 0.3) is 0 Å². The molecule has 0 spiro atoms. The van der Waals surface area contributed by atoms with Crippen molar-refractivity contribution >= 4 is 0 Å². The lowest BCUT2D eigenvalue weighted by molar-refractivity contribution is 0.334. The smallest absolute Gasteiger partial charge is 0.236 e. The highest BCUT2D eigenvalue weighted by Gasteiger charge is 2.22. The second-order valence-electron chi connectivity index (χ2n) is 5.65. The van der Waals surface area contributed by atoms with Gasteiger partial charge in [-0.3, -0.25) is 4.98 Å². The van der Waals surface area contributed by atoms with E-state index in [-0.39, 0.29) is 6.04 Å². The van der Waals surface area contributed by atoms with Gasteiger partial charge in [-0.15, -0.1) is 0 Å². The van der Waals surface area contributed by atoms with Crippen molar-refractivity contribution in [1.29, 1.82) is 0 Å². The van der Waals surface area contributed by atoms with Gasteiger partial charge in [-0.2, -0.15) is 0 Å². The summed E-state index contributed by atoms with van der Waals surface area (Å²) in [4.78, 5) is 8.79. The van der Waals surface area contributed by atoms with Crippen molar-refractivity contribution in [3.8, 4) is 5.88 Å². The van der Waals surface area contributed by atoms with Gasteiger partial charge in [0.15, 0.2) is 0 Å². The molecule has 1 atom stereocenters. The molecule has 1 aromatic heterocycles. The molecule has 112 valence electrons. The van der Waals surface area contributed by atoms with Crippen molar-refractivity contribution in [2.45, 2.75) is 57.9 Å². The number of hydrogen-bond acceptors (Lipinski definition) is 4. The molecule has 0 radical (unpaired) electrons. The first-order chi connectivity index (χ1) is 9.85. The average Bonchev–Trinajstić information content (AvgIpc) is 2.75. The first kappa shape index (κ1) is 15.2. The average molecular weight is 277 g/mol. The van der Waals surface area contributed by atoms with Crippen molar-refractivity contribution in [3.05, 3.63) is 18.1 Å². The van der Waals surface area contributed by atoms with E-state index >= 15 is 0 Å². The lowest BCUT2D eigenvalue weighted by atomic mass is 9.91. The summed E-state index contributed by atoms with van der Waals surface area (Å²) in [5.41, 5.74) is 0.959. The lowest BCUT2D eigenvalue weighted by Gasteiger charge is -2.23. The number of methoxy groups -OCH3 is 1. The van der Waals surface area contributed by atoms with Gasteiger partial charge in [0.1, 0.15) is 5.69 Å². The summed E-state index contributed by atoms with van der Waals surface area (Å²) in [6, 6.07) is 0.256. The van der Waals surface area contributed by atoms with Crippen LogP contribution in [0.1, 0.15) is 63.6 Å². The number of ether oxygens (including phenoxy) is 1. The Kier molecular flexibility index (Phi) is 6.25. The predicted molar refractivity (Wildman–Crippen MR) is 80.8 cm³/mol. The third-order valence-corrected chi connectivity index (χ3v) is 4.21. The first-order valence-electron chi connectivity index (χ1n) is 7.93. The zero-order valence-electron chi connectivity index (χ0n) is 12.8. The van der Waals surface area contributed by atoms with Crippen molar-refractivity contribution in [1.82, 2.24) is 15.3 Å². The molecule has 2 rings (SSSR count). The molecule has 1 aliphatic carbocycles. The fourth-order valence-electron chi connectivity index (χ4n) is 3.20. The van der Waals surface area contributed by atoms with Crippen LogP contribution in [0, 0.1) is 5.92 Å². The topological polar surface area (TPSA) is 47.0 Å². The van der Waals surface area contributed by atoms with Gasteiger partial charge in [0, 0.05) is 12.4 Å². The molecule has 0 aromatic carbocycles. The van der Waals surface area contributed by atoms with Crippen LogP contribution < -0.4 is 10.1 Å². The molecule has 0 bridgehead atoms. The molecule has 1 heterocycles. The van der Waals surface area contributed by atoms with E-state index in [1.807, 2.05) is 0 Å². The number of nitrogens with one attached hydrogen (secondary N) is 1. The molecule has 0 saturated heterocycles. The Morgan fingerprint density at radius 1 is 1.20 bits per heavy atom. The van der Waals surface area contributed by atoms with Crippen LogP contribution >= 0.6 is 0 Å². The summed E-state index contributed by atoms with van der Waals surface area (Å²) < 4.78 is 5.37. The van der Waals surface area contributed by atoms with Gasteiger partial charge >= 0.3 is 0 Å². The Morgan fingerprint density at radius 2 is 1.90 bits per heavy atom. The predicted octanol–water partition coefficient (Wildman–Crippen LogP) is 3.50. The van der Waals surface area contributed by atoms with E-state index < -0.39 is 0 Å². The quantitative estimate of drug-likeness (QED) is 0.808. The summed E-state index contributed by atoms with van der Waals surface area (Å²) >= 11 is 0. The Morgan fingerprint density at radius 3 is 2.55 bits per heavy atom. The molecule has 20 heavy (non-hydrogen) atoms. The number of hydrogen-bond donors (Lipinski definition) is 1. The molecule has 1 unspecified atom stereocenters. The molecule has 1 aliphatic rings. The maximum atomic E-state index is 5.37. The maximum absolute atomic E-state index is 5.37. The summed E-state index contributed by atoms with van der Waals surface area (Å²) in [5.74, 6) is 1.46.